The van der Waals surface area contributed by atoms with Gasteiger partial charge in [0.1, 0.15) is 0 Å². The summed E-state index contributed by atoms with van der Waals surface area (Å²) in [6.07, 6.45) is 1.37. The Hall–Kier alpha value is -2.38. The molecule has 0 aliphatic heterocycles. The summed E-state index contributed by atoms with van der Waals surface area (Å²) in [5, 5.41) is 0. The summed E-state index contributed by atoms with van der Waals surface area (Å²) in [4.78, 5) is 43.9. The van der Waals surface area contributed by atoms with Crippen LogP contribution in [-0.2, 0) is 19.1 Å². The van der Waals surface area contributed by atoms with Crippen molar-refractivity contribution in [1.82, 2.24) is 0 Å². The van der Waals surface area contributed by atoms with Crippen molar-refractivity contribution in [3.05, 3.63) is 11.6 Å². The minimum atomic E-state index is -1.28. The van der Waals surface area contributed by atoms with Crippen LogP contribution in [0.3, 0.4) is 0 Å². The van der Waals surface area contributed by atoms with Crippen molar-refractivity contribution in [2.24, 2.45) is 17.4 Å². The SMILES string of the molecule is NC(=O)OC(=O)/C=C(\C(=O)OC(N)=O)C1CCCC1. The molecule has 4 N–H and O–H groups in total. The smallest absolute Gasteiger partial charge is 0.373 e. The summed E-state index contributed by atoms with van der Waals surface area (Å²) >= 11 is 0. The molecule has 8 heteroatoms. The van der Waals surface area contributed by atoms with Crippen LogP contribution in [0.15, 0.2) is 11.6 Å². The van der Waals surface area contributed by atoms with Gasteiger partial charge in [-0.2, -0.15) is 0 Å². The van der Waals surface area contributed by atoms with Gasteiger partial charge in [-0.05, 0) is 18.8 Å². The molecule has 8 nitrogen and oxygen atoms in total. The Morgan fingerprint density at radius 2 is 1.47 bits per heavy atom. The van der Waals surface area contributed by atoms with Gasteiger partial charge in [0.05, 0.1) is 0 Å². The molecule has 2 amide bonds. The number of hydrogen-bond donors (Lipinski definition) is 2. The molecule has 1 fully saturated rings. The molecule has 19 heavy (non-hydrogen) atoms. The van der Waals surface area contributed by atoms with Gasteiger partial charge < -0.3 is 20.9 Å². The molecule has 0 spiro atoms. The van der Waals surface area contributed by atoms with Crippen LogP contribution >= 0.6 is 0 Å². The Kier molecular flexibility index (Phi) is 5.04. The lowest BCUT2D eigenvalue weighted by Crippen LogP contribution is -2.24. The lowest BCUT2D eigenvalue weighted by Gasteiger charge is -2.11. The zero-order valence-electron chi connectivity index (χ0n) is 10.1. The minimum absolute atomic E-state index is 0.0393. The molecule has 0 aromatic rings. The molecule has 1 aliphatic rings. The molecule has 1 saturated carbocycles. The summed E-state index contributed by atoms with van der Waals surface area (Å²) in [7, 11) is 0. The van der Waals surface area contributed by atoms with Crippen LogP contribution in [-0.4, -0.2) is 24.1 Å². The lowest BCUT2D eigenvalue weighted by atomic mass is 9.97. The van der Waals surface area contributed by atoms with Gasteiger partial charge in [-0.1, -0.05) is 12.8 Å². The van der Waals surface area contributed by atoms with Crippen molar-refractivity contribution < 1.29 is 28.7 Å². The standard InChI is InChI=1S/C11H14N2O6/c12-10(16)18-8(14)5-7(6-3-1-2-4-6)9(15)19-11(13)17/h5-6H,1-4H2,(H2,12,16)(H2,13,17)/b7-5-. The third-order valence-electron chi connectivity index (χ3n) is 2.70. The molecule has 0 bridgehead atoms. The quantitative estimate of drug-likeness (QED) is 0.431. The third kappa shape index (κ3) is 4.78. The van der Waals surface area contributed by atoms with Crippen LogP contribution < -0.4 is 11.5 Å². The number of primary amides is 2. The first kappa shape index (κ1) is 14.7. The van der Waals surface area contributed by atoms with E-state index in [0.717, 1.165) is 18.9 Å². The maximum Gasteiger partial charge on any atom is 0.412 e. The number of carbonyl (C=O) groups excluding carboxylic acids is 4. The fourth-order valence-electron chi connectivity index (χ4n) is 1.99. The Morgan fingerprint density at radius 1 is 0.947 bits per heavy atom. The maximum absolute atomic E-state index is 11.6. The van der Waals surface area contributed by atoms with E-state index in [-0.39, 0.29) is 11.5 Å². The molecular formula is C11H14N2O6. The molecule has 0 saturated heterocycles. The summed E-state index contributed by atoms with van der Waals surface area (Å²) in [6.45, 7) is 0. The highest BCUT2D eigenvalue weighted by atomic mass is 16.6. The second-order valence-corrected chi connectivity index (χ2v) is 4.03. The predicted octanol–water partition coefficient (Wildman–Crippen LogP) is 0.347. The fourth-order valence-corrected chi connectivity index (χ4v) is 1.99. The number of nitrogens with two attached hydrogens (primary N) is 2. The number of rotatable bonds is 3. The van der Waals surface area contributed by atoms with Crippen molar-refractivity contribution in [1.29, 1.82) is 0 Å². The molecule has 104 valence electrons. The van der Waals surface area contributed by atoms with E-state index in [0.29, 0.717) is 12.8 Å². The van der Waals surface area contributed by atoms with E-state index in [1.54, 1.807) is 0 Å². The van der Waals surface area contributed by atoms with Gasteiger partial charge in [0, 0.05) is 11.6 Å². The van der Waals surface area contributed by atoms with Gasteiger partial charge in [0.15, 0.2) is 0 Å². The van der Waals surface area contributed by atoms with Crippen LogP contribution in [0.4, 0.5) is 9.59 Å². The van der Waals surface area contributed by atoms with Crippen molar-refractivity contribution >= 4 is 24.1 Å². The van der Waals surface area contributed by atoms with Crippen molar-refractivity contribution in [2.75, 3.05) is 0 Å². The highest BCUT2D eigenvalue weighted by Gasteiger charge is 2.28. The first-order chi connectivity index (χ1) is 8.90. The number of esters is 2. The molecule has 0 aromatic carbocycles. The first-order valence-corrected chi connectivity index (χ1v) is 5.64. The molecule has 1 rings (SSSR count). The van der Waals surface area contributed by atoms with Gasteiger partial charge in [0.2, 0.25) is 0 Å². The molecule has 0 aromatic heterocycles. The zero-order chi connectivity index (χ0) is 14.4. The Labute approximate surface area is 108 Å². The van der Waals surface area contributed by atoms with Crippen molar-refractivity contribution in [3.8, 4) is 0 Å². The zero-order valence-corrected chi connectivity index (χ0v) is 10.1. The number of amides is 2. The van der Waals surface area contributed by atoms with E-state index in [4.69, 9.17) is 5.73 Å². The van der Waals surface area contributed by atoms with Crippen LogP contribution in [0.2, 0.25) is 0 Å². The van der Waals surface area contributed by atoms with Gasteiger partial charge in [0.25, 0.3) is 0 Å². The normalized spacial score (nSPS) is 15.9. The minimum Gasteiger partial charge on any atom is -0.373 e. The third-order valence-corrected chi connectivity index (χ3v) is 2.70. The number of hydrogen-bond acceptors (Lipinski definition) is 6. The Bertz CT molecular complexity index is 436. The average molecular weight is 270 g/mol. The summed E-state index contributed by atoms with van der Waals surface area (Å²) in [6, 6.07) is 0. The second-order valence-electron chi connectivity index (χ2n) is 4.03. The van der Waals surface area contributed by atoms with Gasteiger partial charge in [-0.25, -0.2) is 19.2 Å². The summed E-state index contributed by atoms with van der Waals surface area (Å²) in [5.74, 6) is -2.33. The first-order valence-electron chi connectivity index (χ1n) is 5.64. The fraction of sp³-hybridized carbons (Fsp3) is 0.455. The Morgan fingerprint density at radius 3 is 1.95 bits per heavy atom. The Balaban J connectivity index is 2.87. The molecule has 1 aliphatic carbocycles. The van der Waals surface area contributed by atoms with E-state index in [1.165, 1.54) is 0 Å². The van der Waals surface area contributed by atoms with E-state index in [9.17, 15) is 19.2 Å². The van der Waals surface area contributed by atoms with Gasteiger partial charge >= 0.3 is 24.1 Å². The number of carbonyl (C=O) groups is 4. The van der Waals surface area contributed by atoms with Gasteiger partial charge in [-0.15, -0.1) is 0 Å². The van der Waals surface area contributed by atoms with Crippen LogP contribution in [0.25, 0.3) is 0 Å². The number of ether oxygens (including phenoxy) is 2. The van der Waals surface area contributed by atoms with Crippen LogP contribution in [0.1, 0.15) is 25.7 Å². The van der Waals surface area contributed by atoms with E-state index in [1.807, 2.05) is 0 Å². The van der Waals surface area contributed by atoms with Gasteiger partial charge in [-0.3, -0.25) is 0 Å². The topological polar surface area (TPSA) is 139 Å². The second kappa shape index (κ2) is 6.53. The lowest BCUT2D eigenvalue weighted by molar-refractivity contribution is -0.135. The maximum atomic E-state index is 11.6. The summed E-state index contributed by atoms with van der Waals surface area (Å²) < 4.78 is 8.33. The molecule has 0 unspecified atom stereocenters. The molecule has 0 radical (unpaired) electrons. The van der Waals surface area contributed by atoms with E-state index < -0.39 is 24.1 Å². The van der Waals surface area contributed by atoms with Crippen molar-refractivity contribution in [3.63, 3.8) is 0 Å². The monoisotopic (exact) mass is 270 g/mol. The molecule has 0 atom stereocenters. The van der Waals surface area contributed by atoms with Crippen LogP contribution in [0, 0.1) is 5.92 Å². The average Bonchev–Trinajstić information content (AvgIpc) is 2.76. The van der Waals surface area contributed by atoms with Crippen LogP contribution in [0.5, 0.6) is 0 Å². The summed E-state index contributed by atoms with van der Waals surface area (Å²) in [5.41, 5.74) is 9.38. The highest BCUT2D eigenvalue weighted by molar-refractivity contribution is 6.02. The molecular weight excluding hydrogens is 256 g/mol. The predicted molar refractivity (Wildman–Crippen MR) is 61.4 cm³/mol. The molecule has 0 heterocycles. The largest absolute Gasteiger partial charge is 0.412 e. The van der Waals surface area contributed by atoms with Crippen molar-refractivity contribution in [2.45, 2.75) is 25.7 Å². The van der Waals surface area contributed by atoms with E-state index in [2.05, 4.69) is 15.2 Å². The highest BCUT2D eigenvalue weighted by Crippen LogP contribution is 2.31. The van der Waals surface area contributed by atoms with E-state index >= 15 is 0 Å².